The monoisotopic (exact) mass is 932 g/mol. The molecule has 4 nitrogen and oxygen atoms in total. The van der Waals surface area contributed by atoms with Gasteiger partial charge in [-0.05, 0) is 71.6 Å². The molecule has 0 amide bonds. The molecule has 2 N–H and O–H groups in total. The maximum atomic E-state index is 8.80. The smallest absolute Gasteiger partial charge is 0.0947 e. The molecule has 0 aromatic heterocycles. The standard InChI is InChI=1S/C14H22O3S2.C14H22OS2.4Zr/c1-14(2,3)7-9-18-12-5-4-6-13(11-12)19-10-8-16-17-15;1-14(2,3)7-9-16-12-5-4-6-13(11-12)17-10-8-15;;;;/h4-6,11,15H,7-10H2,1-3H3;4-6,11,15H,7-10H2,1-3H3;;;;. The number of aliphatic hydroxyl groups is 1. The van der Waals surface area contributed by atoms with Gasteiger partial charge in [0.2, 0.25) is 0 Å². The first-order valence-corrected chi connectivity index (χ1v) is 16.2. The van der Waals surface area contributed by atoms with Crippen molar-refractivity contribution in [3.63, 3.8) is 0 Å². The van der Waals surface area contributed by atoms with E-state index in [1.807, 2.05) is 23.5 Å². The van der Waals surface area contributed by atoms with Gasteiger partial charge in [-0.15, -0.1) is 47.0 Å². The van der Waals surface area contributed by atoms with Crippen LogP contribution in [0.3, 0.4) is 0 Å². The van der Waals surface area contributed by atoms with Crippen LogP contribution in [0.1, 0.15) is 54.4 Å². The quantitative estimate of drug-likeness (QED) is 0.0844. The molecule has 0 heterocycles. The average molecular weight is 938 g/mol. The molecule has 0 aliphatic rings. The molecule has 0 aliphatic carbocycles. The van der Waals surface area contributed by atoms with Gasteiger partial charge in [0.25, 0.3) is 0 Å². The number of thioether (sulfide) groups is 4. The Morgan fingerprint density at radius 2 is 0.950 bits per heavy atom. The van der Waals surface area contributed by atoms with Crippen molar-refractivity contribution in [1.29, 1.82) is 0 Å². The van der Waals surface area contributed by atoms with E-state index in [1.54, 1.807) is 23.5 Å². The minimum Gasteiger partial charge on any atom is -0.396 e. The largest absolute Gasteiger partial charge is 0.396 e. The maximum Gasteiger partial charge on any atom is 0.0947 e. The number of benzene rings is 2. The van der Waals surface area contributed by atoms with Crippen molar-refractivity contribution in [3.05, 3.63) is 48.5 Å². The number of hydrogen-bond acceptors (Lipinski definition) is 8. The second-order valence-corrected chi connectivity index (χ2v) is 15.3. The van der Waals surface area contributed by atoms with Crippen molar-refractivity contribution in [1.82, 2.24) is 0 Å². The summed E-state index contributed by atoms with van der Waals surface area (Å²) in [4.78, 5) is 9.51. The molecule has 0 fully saturated rings. The van der Waals surface area contributed by atoms with Crippen LogP contribution in [-0.2, 0) is 115 Å². The third-order valence-electron chi connectivity index (χ3n) is 4.70. The Labute approximate surface area is 336 Å². The zero-order valence-electron chi connectivity index (χ0n) is 24.6. The Hall–Kier alpha value is 3.21. The van der Waals surface area contributed by atoms with Gasteiger partial charge in [-0.2, -0.15) is 0 Å². The van der Waals surface area contributed by atoms with Gasteiger partial charge in [-0.3, -0.25) is 0 Å². The summed E-state index contributed by atoms with van der Waals surface area (Å²) >= 11 is 7.21. The molecule has 12 heteroatoms. The van der Waals surface area contributed by atoms with Gasteiger partial charge in [0.1, 0.15) is 0 Å². The summed E-state index contributed by atoms with van der Waals surface area (Å²) in [5.41, 5.74) is 0.803. The van der Waals surface area contributed by atoms with Gasteiger partial charge in [0, 0.05) is 136 Å². The van der Waals surface area contributed by atoms with Crippen LogP contribution < -0.4 is 0 Å². The molecule has 0 spiro atoms. The second kappa shape index (κ2) is 29.6. The minimum absolute atomic E-state index is 0. The van der Waals surface area contributed by atoms with Crippen LogP contribution in [0.25, 0.3) is 0 Å². The summed E-state index contributed by atoms with van der Waals surface area (Å²) in [7, 11) is 0. The Morgan fingerprint density at radius 1 is 0.600 bits per heavy atom. The third-order valence-corrected chi connectivity index (χ3v) is 8.62. The summed E-state index contributed by atoms with van der Waals surface area (Å²) in [5.74, 6) is 3.82. The maximum absolute atomic E-state index is 8.80. The van der Waals surface area contributed by atoms with Gasteiger partial charge in [0.15, 0.2) is 0 Å². The van der Waals surface area contributed by atoms with E-state index in [-0.39, 0.29) is 111 Å². The van der Waals surface area contributed by atoms with E-state index in [9.17, 15) is 0 Å². The normalized spacial score (nSPS) is 10.6. The van der Waals surface area contributed by atoms with E-state index in [1.165, 1.54) is 32.4 Å². The topological polar surface area (TPSA) is 58.9 Å². The van der Waals surface area contributed by atoms with Crippen molar-refractivity contribution < 1.29 is 125 Å². The first-order chi connectivity index (χ1) is 17.0. The zero-order valence-corrected chi connectivity index (χ0v) is 37.7. The second-order valence-electron chi connectivity index (χ2n) is 10.6. The van der Waals surface area contributed by atoms with Crippen LogP contribution in [0.4, 0.5) is 0 Å². The predicted molar refractivity (Wildman–Crippen MR) is 161 cm³/mol. The Kier molecular flexibility index (Phi) is 37.1. The summed E-state index contributed by atoms with van der Waals surface area (Å²) in [6, 6.07) is 17.1. The van der Waals surface area contributed by atoms with Gasteiger partial charge < -0.3 is 5.11 Å². The van der Waals surface area contributed by atoms with Crippen molar-refractivity contribution in [2.45, 2.75) is 74.0 Å². The number of rotatable bonds is 14. The number of aliphatic hydroxyl groups excluding tert-OH is 1. The van der Waals surface area contributed by atoms with Gasteiger partial charge in [-0.25, -0.2) is 10.1 Å². The minimum atomic E-state index is 0. The molecule has 2 aromatic rings. The van der Waals surface area contributed by atoms with Crippen molar-refractivity contribution >= 4 is 47.0 Å². The van der Waals surface area contributed by atoms with E-state index in [4.69, 9.17) is 10.4 Å². The van der Waals surface area contributed by atoms with Crippen LogP contribution in [-0.4, -0.2) is 46.6 Å². The van der Waals surface area contributed by atoms with Gasteiger partial charge in [-0.1, -0.05) is 58.7 Å². The Morgan fingerprint density at radius 3 is 1.27 bits per heavy atom. The molecule has 0 saturated carbocycles. The predicted octanol–water partition coefficient (Wildman–Crippen LogP) is 9.02. The Bertz CT molecular complexity index is 854. The van der Waals surface area contributed by atoms with E-state index in [0.29, 0.717) is 17.4 Å². The summed E-state index contributed by atoms with van der Waals surface area (Å²) in [5, 5.41) is 20.4. The van der Waals surface area contributed by atoms with Crippen molar-refractivity contribution in [2.75, 3.05) is 36.2 Å². The van der Waals surface area contributed by atoms with Gasteiger partial charge >= 0.3 is 0 Å². The van der Waals surface area contributed by atoms with Gasteiger partial charge in [0.05, 0.1) is 13.2 Å². The molecule has 0 radical (unpaired) electrons. The average Bonchev–Trinajstić information content (AvgIpc) is 2.80. The molecular formula is C28H44O4S4Zr4. The van der Waals surface area contributed by atoms with Crippen LogP contribution in [0.2, 0.25) is 0 Å². The molecule has 220 valence electrons. The molecular weight excluding hydrogens is 893 g/mol. The summed E-state index contributed by atoms with van der Waals surface area (Å²) in [6.07, 6.45) is 2.43. The summed E-state index contributed by atoms with van der Waals surface area (Å²) in [6.45, 7) is 14.2. The van der Waals surface area contributed by atoms with E-state index in [0.717, 1.165) is 23.0 Å². The molecule has 0 bridgehead atoms. The molecule has 2 rings (SSSR count). The fourth-order valence-electron chi connectivity index (χ4n) is 2.65. The first kappa shape index (κ1) is 50.1. The molecule has 0 aliphatic heterocycles. The van der Waals surface area contributed by atoms with Crippen molar-refractivity contribution in [3.8, 4) is 0 Å². The molecule has 2 aromatic carbocycles. The van der Waals surface area contributed by atoms with Crippen LogP contribution in [0.5, 0.6) is 0 Å². The number of hydrogen-bond donors (Lipinski definition) is 2. The molecule has 40 heavy (non-hydrogen) atoms. The van der Waals surface area contributed by atoms with Crippen LogP contribution in [0.15, 0.2) is 68.1 Å². The van der Waals surface area contributed by atoms with E-state index in [2.05, 4.69) is 100.0 Å². The van der Waals surface area contributed by atoms with Crippen LogP contribution >= 0.6 is 47.0 Å². The molecule has 0 atom stereocenters. The fraction of sp³-hybridized carbons (Fsp3) is 0.571. The SMILES string of the molecule is CC(C)(C)CCSc1cccc(SCCO)c1.CC(C)(C)CCSc1cccc(SCCOOO)c1.[Zr].[Zr].[Zr].[Zr]. The zero-order chi connectivity index (χ0) is 26.9. The van der Waals surface area contributed by atoms with E-state index < -0.39 is 0 Å². The fourth-order valence-corrected chi connectivity index (χ4v) is 6.96. The molecule has 0 unspecified atom stereocenters. The third kappa shape index (κ3) is 29.9. The molecule has 0 saturated heterocycles. The van der Waals surface area contributed by atoms with Crippen molar-refractivity contribution in [2.24, 2.45) is 10.8 Å². The summed E-state index contributed by atoms with van der Waals surface area (Å²) < 4.78 is 0. The van der Waals surface area contributed by atoms with Crippen LogP contribution in [0, 0.1) is 10.8 Å². The first-order valence-electron chi connectivity index (χ1n) is 12.3. The van der Waals surface area contributed by atoms with E-state index >= 15 is 0 Å². The Balaban J connectivity index is -0.000000296.